The van der Waals surface area contributed by atoms with Crippen molar-refractivity contribution in [3.63, 3.8) is 0 Å². The van der Waals surface area contributed by atoms with E-state index in [0.29, 0.717) is 40.3 Å². The van der Waals surface area contributed by atoms with E-state index in [1.807, 2.05) is 13.0 Å². The van der Waals surface area contributed by atoms with Crippen molar-refractivity contribution in [3.05, 3.63) is 51.9 Å². The highest BCUT2D eigenvalue weighted by Gasteiger charge is 2.21. The van der Waals surface area contributed by atoms with E-state index in [-0.39, 0.29) is 5.75 Å². The van der Waals surface area contributed by atoms with E-state index in [1.54, 1.807) is 38.5 Å². The van der Waals surface area contributed by atoms with Crippen LogP contribution >= 0.6 is 0 Å². The van der Waals surface area contributed by atoms with E-state index in [9.17, 15) is 9.90 Å². The Bertz CT molecular complexity index is 1130. The zero-order chi connectivity index (χ0) is 21.3. The molecule has 1 aliphatic heterocycles. The Labute approximate surface area is 175 Å². The molecule has 4 rings (SSSR count). The monoisotopic (exact) mass is 409 g/mol. The number of quaternary nitrogens is 1. The summed E-state index contributed by atoms with van der Waals surface area (Å²) in [5.41, 5.74) is 2.53. The minimum atomic E-state index is -0.451. The summed E-state index contributed by atoms with van der Waals surface area (Å²) in [7, 11) is 3.13. The van der Waals surface area contributed by atoms with E-state index < -0.39 is 5.63 Å². The summed E-state index contributed by atoms with van der Waals surface area (Å²) in [5, 5.41) is 13.4. The van der Waals surface area contributed by atoms with E-state index in [0.717, 1.165) is 24.0 Å². The number of likely N-dealkylation sites (tertiary alicyclic amines) is 1. The third kappa shape index (κ3) is 3.63. The number of aryl methyl sites for hydroxylation is 1. The van der Waals surface area contributed by atoms with Gasteiger partial charge < -0.3 is 23.9 Å². The summed E-state index contributed by atoms with van der Waals surface area (Å²) < 4.78 is 16.4. The van der Waals surface area contributed by atoms with Crippen molar-refractivity contribution in [2.75, 3.05) is 27.3 Å². The number of hydrogen-bond donors (Lipinski definition) is 1. The quantitative estimate of drug-likeness (QED) is 0.655. The second-order valence-electron chi connectivity index (χ2n) is 7.87. The van der Waals surface area contributed by atoms with Crippen molar-refractivity contribution in [1.29, 1.82) is 0 Å². The largest absolute Gasteiger partial charge is 0.872 e. The van der Waals surface area contributed by atoms with Gasteiger partial charge in [-0.05, 0) is 49.4 Å². The molecule has 1 fully saturated rings. The van der Waals surface area contributed by atoms with Crippen LogP contribution in [0.25, 0.3) is 22.1 Å². The maximum absolute atomic E-state index is 13.0. The van der Waals surface area contributed by atoms with Crippen molar-refractivity contribution in [2.24, 2.45) is 0 Å². The molecule has 1 saturated heterocycles. The van der Waals surface area contributed by atoms with Gasteiger partial charge in [0.25, 0.3) is 0 Å². The molecule has 158 valence electrons. The van der Waals surface area contributed by atoms with E-state index in [4.69, 9.17) is 13.9 Å². The first kappa shape index (κ1) is 20.3. The van der Waals surface area contributed by atoms with Gasteiger partial charge in [0.1, 0.15) is 12.1 Å². The SMILES string of the molecule is COc1ccc(-c2c(C)c3ccc([O-])c(C[NH+]4CCCCC4)c3oc2=O)cc1OC. The summed E-state index contributed by atoms with van der Waals surface area (Å²) in [6.45, 7) is 4.58. The molecule has 0 unspecified atom stereocenters. The average Bonchev–Trinajstić information content (AvgIpc) is 2.76. The van der Waals surface area contributed by atoms with E-state index in [2.05, 4.69) is 0 Å². The van der Waals surface area contributed by atoms with Gasteiger partial charge in [-0.15, -0.1) is 0 Å². The van der Waals surface area contributed by atoms with Crippen LogP contribution in [0.3, 0.4) is 0 Å². The van der Waals surface area contributed by atoms with Gasteiger partial charge >= 0.3 is 5.63 Å². The Kier molecular flexibility index (Phi) is 5.68. The highest BCUT2D eigenvalue weighted by molar-refractivity contribution is 5.90. The lowest BCUT2D eigenvalue weighted by atomic mass is 9.97. The number of fused-ring (bicyclic) bond motifs is 1. The molecule has 0 radical (unpaired) electrons. The van der Waals surface area contributed by atoms with Crippen LogP contribution in [0.15, 0.2) is 39.5 Å². The number of rotatable bonds is 5. The van der Waals surface area contributed by atoms with Gasteiger partial charge in [0.15, 0.2) is 11.5 Å². The first-order chi connectivity index (χ1) is 14.5. The van der Waals surface area contributed by atoms with Crippen molar-refractivity contribution < 1.29 is 23.9 Å². The molecule has 2 heterocycles. The number of nitrogens with one attached hydrogen (secondary N) is 1. The smallest absolute Gasteiger partial charge is 0.344 e. The van der Waals surface area contributed by atoms with Gasteiger partial charge in [0, 0.05) is 10.9 Å². The van der Waals surface area contributed by atoms with Gasteiger partial charge in [0.05, 0.1) is 32.9 Å². The summed E-state index contributed by atoms with van der Waals surface area (Å²) >= 11 is 0. The zero-order valence-electron chi connectivity index (χ0n) is 17.7. The van der Waals surface area contributed by atoms with Crippen LogP contribution in [0.4, 0.5) is 0 Å². The van der Waals surface area contributed by atoms with Gasteiger partial charge in [-0.25, -0.2) is 4.79 Å². The molecule has 6 nitrogen and oxygen atoms in total. The molecule has 30 heavy (non-hydrogen) atoms. The van der Waals surface area contributed by atoms with Crippen molar-refractivity contribution in [2.45, 2.75) is 32.7 Å². The van der Waals surface area contributed by atoms with Crippen LogP contribution in [0.5, 0.6) is 17.2 Å². The molecule has 0 spiro atoms. The number of hydrogen-bond acceptors (Lipinski definition) is 5. The molecule has 0 saturated carbocycles. The summed E-state index contributed by atoms with van der Waals surface area (Å²) in [5.74, 6) is 1.06. The first-order valence-electron chi connectivity index (χ1n) is 10.4. The minimum absolute atomic E-state index is 0.0676. The molecule has 1 N–H and O–H groups in total. The number of methoxy groups -OCH3 is 2. The van der Waals surface area contributed by atoms with Gasteiger partial charge in [-0.2, -0.15) is 0 Å². The van der Waals surface area contributed by atoms with Crippen molar-refractivity contribution >= 4 is 11.0 Å². The van der Waals surface area contributed by atoms with Crippen LogP contribution in [-0.4, -0.2) is 27.3 Å². The Morgan fingerprint density at radius 3 is 2.47 bits per heavy atom. The fourth-order valence-electron chi connectivity index (χ4n) is 4.43. The molecule has 0 amide bonds. The van der Waals surface area contributed by atoms with Crippen LogP contribution in [-0.2, 0) is 6.54 Å². The third-order valence-electron chi connectivity index (χ3n) is 6.06. The molecule has 1 aromatic heterocycles. The average molecular weight is 409 g/mol. The maximum atomic E-state index is 13.0. The van der Waals surface area contributed by atoms with Crippen LogP contribution < -0.4 is 25.1 Å². The lowest BCUT2D eigenvalue weighted by Crippen LogP contribution is -3.11. The number of piperidine rings is 1. The molecular formula is C24H27NO5. The molecule has 0 bridgehead atoms. The van der Waals surface area contributed by atoms with Gasteiger partial charge in [0.2, 0.25) is 0 Å². The highest BCUT2D eigenvalue weighted by Crippen LogP contribution is 2.35. The first-order valence-corrected chi connectivity index (χ1v) is 10.4. The van der Waals surface area contributed by atoms with E-state index >= 15 is 0 Å². The standard InChI is InChI=1S/C24H27NO5/c1-15-17-8-9-19(26)18(14-25-11-5-4-6-12-25)23(17)30-24(27)22(15)16-7-10-20(28-2)21(13-16)29-3/h7-10,13,26H,4-6,11-12,14H2,1-3H3. The second kappa shape index (κ2) is 8.40. The summed E-state index contributed by atoms with van der Waals surface area (Å²) in [6, 6.07) is 8.70. The van der Waals surface area contributed by atoms with Crippen LogP contribution in [0, 0.1) is 6.92 Å². The predicted octanol–water partition coefficient (Wildman–Crippen LogP) is 2.43. The zero-order valence-corrected chi connectivity index (χ0v) is 17.7. The normalized spacial score (nSPS) is 14.8. The van der Waals surface area contributed by atoms with Gasteiger partial charge in [-0.3, -0.25) is 0 Å². The van der Waals surface area contributed by atoms with E-state index in [1.165, 1.54) is 24.2 Å². The van der Waals surface area contributed by atoms with Gasteiger partial charge in [-0.1, -0.05) is 23.9 Å². The predicted molar refractivity (Wildman–Crippen MR) is 113 cm³/mol. The van der Waals surface area contributed by atoms with Crippen molar-refractivity contribution in [3.8, 4) is 28.4 Å². The molecule has 3 aromatic rings. The third-order valence-corrected chi connectivity index (χ3v) is 6.06. The summed E-state index contributed by atoms with van der Waals surface area (Å²) in [4.78, 5) is 14.4. The fraction of sp³-hybridized carbons (Fsp3) is 0.375. The second-order valence-corrected chi connectivity index (χ2v) is 7.87. The summed E-state index contributed by atoms with van der Waals surface area (Å²) in [6.07, 6.45) is 3.58. The maximum Gasteiger partial charge on any atom is 0.344 e. The Morgan fingerprint density at radius 2 is 1.77 bits per heavy atom. The molecule has 1 aliphatic rings. The lowest BCUT2D eigenvalue weighted by molar-refractivity contribution is -0.918. The molecule has 6 heteroatoms. The van der Waals surface area contributed by atoms with Crippen LogP contribution in [0.2, 0.25) is 0 Å². The molecular weight excluding hydrogens is 382 g/mol. The number of benzene rings is 2. The lowest BCUT2D eigenvalue weighted by Gasteiger charge is -2.26. The number of ether oxygens (including phenoxy) is 2. The fourth-order valence-corrected chi connectivity index (χ4v) is 4.43. The Balaban J connectivity index is 1.85. The van der Waals surface area contributed by atoms with Crippen molar-refractivity contribution in [1.82, 2.24) is 0 Å². The Morgan fingerprint density at radius 1 is 1.03 bits per heavy atom. The molecule has 0 atom stereocenters. The Hall–Kier alpha value is -2.99. The highest BCUT2D eigenvalue weighted by atomic mass is 16.5. The topological polar surface area (TPSA) is 76.2 Å². The molecule has 2 aromatic carbocycles. The molecule has 0 aliphatic carbocycles. The minimum Gasteiger partial charge on any atom is -0.872 e. The van der Waals surface area contributed by atoms with Crippen LogP contribution in [0.1, 0.15) is 30.4 Å².